The molecule has 2 aromatic rings. The Kier molecular flexibility index (Phi) is 6.00. The van der Waals surface area contributed by atoms with Gasteiger partial charge in [-0.1, -0.05) is 38.1 Å². The van der Waals surface area contributed by atoms with Crippen LogP contribution in [0.2, 0.25) is 0 Å². The van der Waals surface area contributed by atoms with Gasteiger partial charge in [0.2, 0.25) is 0 Å². The molecule has 0 saturated carbocycles. The quantitative estimate of drug-likeness (QED) is 0.842. The van der Waals surface area contributed by atoms with Crippen molar-refractivity contribution in [2.45, 2.75) is 26.9 Å². The van der Waals surface area contributed by atoms with Crippen molar-refractivity contribution >= 4 is 0 Å². The first-order valence-electron chi connectivity index (χ1n) is 7.59. The number of ether oxygens (including phenoxy) is 1. The molecule has 0 aliphatic heterocycles. The first-order valence-corrected chi connectivity index (χ1v) is 7.59. The first-order chi connectivity index (χ1) is 10.7. The van der Waals surface area contributed by atoms with Crippen LogP contribution in [0.4, 0.5) is 0 Å². The van der Waals surface area contributed by atoms with Crippen molar-refractivity contribution in [2.24, 2.45) is 5.92 Å². The van der Waals surface area contributed by atoms with Gasteiger partial charge >= 0.3 is 0 Å². The normalized spacial score (nSPS) is 10.5. The second-order valence-corrected chi connectivity index (χ2v) is 5.76. The SMILES string of the molecule is CC(C)COc1ccc(CNCc2cccc(C#N)c2)cc1. The summed E-state index contributed by atoms with van der Waals surface area (Å²) < 4.78 is 5.67. The molecule has 0 atom stereocenters. The highest BCUT2D eigenvalue weighted by Crippen LogP contribution is 2.13. The summed E-state index contributed by atoms with van der Waals surface area (Å²) in [4.78, 5) is 0. The van der Waals surface area contributed by atoms with Crippen molar-refractivity contribution in [3.63, 3.8) is 0 Å². The minimum Gasteiger partial charge on any atom is -0.493 e. The van der Waals surface area contributed by atoms with Crippen LogP contribution in [0, 0.1) is 17.2 Å². The molecule has 0 aliphatic rings. The Hall–Kier alpha value is -2.31. The second-order valence-electron chi connectivity index (χ2n) is 5.76. The number of nitrogens with zero attached hydrogens (tertiary/aromatic N) is 1. The number of benzene rings is 2. The van der Waals surface area contributed by atoms with Crippen LogP contribution in [0.1, 0.15) is 30.5 Å². The average Bonchev–Trinajstić information content (AvgIpc) is 2.54. The van der Waals surface area contributed by atoms with Crippen molar-refractivity contribution in [1.82, 2.24) is 5.32 Å². The summed E-state index contributed by atoms with van der Waals surface area (Å²) in [5.74, 6) is 1.45. The van der Waals surface area contributed by atoms with Gasteiger partial charge in [-0.2, -0.15) is 5.26 Å². The fourth-order valence-electron chi connectivity index (χ4n) is 2.07. The zero-order chi connectivity index (χ0) is 15.8. The third kappa shape index (κ3) is 5.23. The summed E-state index contributed by atoms with van der Waals surface area (Å²) >= 11 is 0. The lowest BCUT2D eigenvalue weighted by Gasteiger charge is -2.10. The number of rotatable bonds is 7. The molecule has 0 aliphatic carbocycles. The van der Waals surface area contributed by atoms with Crippen LogP contribution < -0.4 is 10.1 Å². The van der Waals surface area contributed by atoms with E-state index >= 15 is 0 Å². The molecule has 114 valence electrons. The van der Waals surface area contributed by atoms with E-state index in [4.69, 9.17) is 10.00 Å². The van der Waals surface area contributed by atoms with Crippen molar-refractivity contribution in [2.75, 3.05) is 6.61 Å². The molecule has 2 aromatic carbocycles. The molecule has 22 heavy (non-hydrogen) atoms. The van der Waals surface area contributed by atoms with Gasteiger partial charge < -0.3 is 10.1 Å². The Morgan fingerprint density at radius 3 is 2.45 bits per heavy atom. The van der Waals surface area contributed by atoms with Crippen LogP contribution in [-0.2, 0) is 13.1 Å². The van der Waals surface area contributed by atoms with Crippen molar-refractivity contribution < 1.29 is 4.74 Å². The third-order valence-electron chi connectivity index (χ3n) is 3.22. The Bertz CT molecular complexity index is 627. The third-order valence-corrected chi connectivity index (χ3v) is 3.22. The summed E-state index contributed by atoms with van der Waals surface area (Å²) in [5.41, 5.74) is 3.04. The molecule has 0 radical (unpaired) electrons. The number of hydrogen-bond acceptors (Lipinski definition) is 3. The van der Waals surface area contributed by atoms with Crippen LogP contribution in [0.3, 0.4) is 0 Å². The lowest BCUT2D eigenvalue weighted by Crippen LogP contribution is -2.12. The van der Waals surface area contributed by atoms with Crippen LogP contribution in [-0.4, -0.2) is 6.61 Å². The molecule has 0 fully saturated rings. The van der Waals surface area contributed by atoms with Gasteiger partial charge in [0.05, 0.1) is 18.2 Å². The molecule has 3 heteroatoms. The van der Waals surface area contributed by atoms with E-state index in [-0.39, 0.29) is 0 Å². The molecule has 0 amide bonds. The largest absolute Gasteiger partial charge is 0.493 e. The van der Waals surface area contributed by atoms with Crippen molar-refractivity contribution in [3.05, 3.63) is 65.2 Å². The van der Waals surface area contributed by atoms with Gasteiger partial charge in [0.15, 0.2) is 0 Å². The van der Waals surface area contributed by atoms with Crippen LogP contribution in [0.5, 0.6) is 5.75 Å². The number of nitriles is 1. The Morgan fingerprint density at radius 1 is 1.05 bits per heavy atom. The van der Waals surface area contributed by atoms with Crippen LogP contribution in [0.25, 0.3) is 0 Å². The Balaban J connectivity index is 1.80. The van der Waals surface area contributed by atoms with Gasteiger partial charge in [0.25, 0.3) is 0 Å². The monoisotopic (exact) mass is 294 g/mol. The van der Waals surface area contributed by atoms with Gasteiger partial charge in [-0.05, 0) is 41.3 Å². The smallest absolute Gasteiger partial charge is 0.119 e. The second kappa shape index (κ2) is 8.21. The maximum absolute atomic E-state index is 8.89. The van der Waals surface area contributed by atoms with Gasteiger partial charge in [0.1, 0.15) is 5.75 Å². The fraction of sp³-hybridized carbons (Fsp3) is 0.316. The Morgan fingerprint density at radius 2 is 1.77 bits per heavy atom. The standard InChI is InChI=1S/C19H22N2O/c1-15(2)14-22-19-8-6-16(7-9-19)12-21-13-18-5-3-4-17(10-18)11-20/h3-10,15,21H,12-14H2,1-2H3. The van der Waals surface area contributed by atoms with Gasteiger partial charge in [0, 0.05) is 13.1 Å². The predicted octanol–water partition coefficient (Wildman–Crippen LogP) is 3.88. The van der Waals surface area contributed by atoms with E-state index in [0.717, 1.165) is 31.0 Å². The molecule has 0 aromatic heterocycles. The maximum Gasteiger partial charge on any atom is 0.119 e. The van der Waals surface area contributed by atoms with Crippen molar-refractivity contribution in [3.8, 4) is 11.8 Å². The molecule has 2 rings (SSSR count). The highest BCUT2D eigenvalue weighted by atomic mass is 16.5. The molecular formula is C19H22N2O. The van der Waals surface area contributed by atoms with Gasteiger partial charge in [-0.3, -0.25) is 0 Å². The highest BCUT2D eigenvalue weighted by Gasteiger charge is 1.99. The van der Waals surface area contributed by atoms with E-state index in [1.807, 2.05) is 36.4 Å². The predicted molar refractivity (Wildman–Crippen MR) is 88.5 cm³/mol. The molecule has 3 nitrogen and oxygen atoms in total. The molecule has 0 spiro atoms. The number of hydrogen-bond donors (Lipinski definition) is 1. The summed E-state index contributed by atoms with van der Waals surface area (Å²) in [7, 11) is 0. The van der Waals surface area contributed by atoms with E-state index in [1.54, 1.807) is 0 Å². The van der Waals surface area contributed by atoms with E-state index in [9.17, 15) is 0 Å². The summed E-state index contributed by atoms with van der Waals surface area (Å²) in [6.45, 7) is 6.56. The van der Waals surface area contributed by atoms with E-state index in [0.29, 0.717) is 11.5 Å². The molecule has 0 saturated heterocycles. The number of nitrogens with one attached hydrogen (secondary N) is 1. The summed E-state index contributed by atoms with van der Waals surface area (Å²) in [6.07, 6.45) is 0. The summed E-state index contributed by atoms with van der Waals surface area (Å²) in [5, 5.41) is 12.3. The highest BCUT2D eigenvalue weighted by molar-refractivity contribution is 5.32. The first kappa shape index (κ1) is 16.1. The zero-order valence-corrected chi connectivity index (χ0v) is 13.2. The van der Waals surface area contributed by atoms with E-state index < -0.39 is 0 Å². The zero-order valence-electron chi connectivity index (χ0n) is 13.2. The molecule has 0 unspecified atom stereocenters. The minimum absolute atomic E-state index is 0.533. The molecule has 0 bridgehead atoms. The van der Waals surface area contributed by atoms with Crippen LogP contribution >= 0.6 is 0 Å². The average molecular weight is 294 g/mol. The molecule has 1 N–H and O–H groups in total. The Labute approximate surface area is 132 Å². The molecular weight excluding hydrogens is 272 g/mol. The van der Waals surface area contributed by atoms with Gasteiger partial charge in [-0.15, -0.1) is 0 Å². The van der Waals surface area contributed by atoms with Crippen LogP contribution in [0.15, 0.2) is 48.5 Å². The molecule has 0 heterocycles. The van der Waals surface area contributed by atoms with E-state index in [1.165, 1.54) is 5.56 Å². The fourth-order valence-corrected chi connectivity index (χ4v) is 2.07. The summed E-state index contributed by atoms with van der Waals surface area (Å²) in [6, 6.07) is 18.0. The van der Waals surface area contributed by atoms with E-state index in [2.05, 4.69) is 37.4 Å². The van der Waals surface area contributed by atoms with Crippen molar-refractivity contribution in [1.29, 1.82) is 5.26 Å². The topological polar surface area (TPSA) is 45.0 Å². The van der Waals surface area contributed by atoms with Gasteiger partial charge in [-0.25, -0.2) is 0 Å². The maximum atomic E-state index is 8.89. The lowest BCUT2D eigenvalue weighted by molar-refractivity contribution is 0.271. The lowest BCUT2D eigenvalue weighted by atomic mass is 10.1. The minimum atomic E-state index is 0.533.